The fourth-order valence-electron chi connectivity index (χ4n) is 2.34. The van der Waals surface area contributed by atoms with Gasteiger partial charge in [-0.1, -0.05) is 81.2 Å². The second kappa shape index (κ2) is 7.70. The van der Waals surface area contributed by atoms with E-state index in [-0.39, 0.29) is 0 Å². The lowest BCUT2D eigenvalue weighted by Crippen LogP contribution is -1.92. The molecule has 25 heavy (non-hydrogen) atoms. The Kier molecular flexibility index (Phi) is 5.97. The van der Waals surface area contributed by atoms with Gasteiger partial charge in [0.15, 0.2) is 0 Å². The van der Waals surface area contributed by atoms with E-state index in [2.05, 4.69) is 4.98 Å². The second-order valence-corrected chi connectivity index (χ2v) is 7.93. The largest absolute Gasteiger partial charge is 0.254 e. The molecule has 3 rings (SSSR count). The van der Waals surface area contributed by atoms with Crippen LogP contribution in [0.3, 0.4) is 0 Å². The molecule has 0 saturated carbocycles. The molecule has 0 spiro atoms. The van der Waals surface area contributed by atoms with Gasteiger partial charge in [0.25, 0.3) is 0 Å². The van der Waals surface area contributed by atoms with Gasteiger partial charge in [-0.05, 0) is 30.3 Å². The van der Waals surface area contributed by atoms with Gasteiger partial charge in [0.2, 0.25) is 0 Å². The fraction of sp³-hybridized carbons (Fsp3) is 0. The van der Waals surface area contributed by atoms with Crippen LogP contribution in [0, 0.1) is 0 Å². The van der Waals surface area contributed by atoms with E-state index < -0.39 is 0 Å². The molecule has 0 bridgehead atoms. The number of hydrogen-bond acceptors (Lipinski definition) is 1. The molecule has 3 aromatic rings. The van der Waals surface area contributed by atoms with Gasteiger partial charge in [0, 0.05) is 32.9 Å². The summed E-state index contributed by atoms with van der Waals surface area (Å²) >= 11 is 43.4. The number of nitrogens with zero attached hydrogens (tertiary/aromatic N) is 1. The van der Waals surface area contributed by atoms with Gasteiger partial charge in [-0.2, -0.15) is 0 Å². The first kappa shape index (κ1) is 19.4. The zero-order valence-electron chi connectivity index (χ0n) is 12.1. The first-order valence-electron chi connectivity index (χ1n) is 6.73. The van der Waals surface area contributed by atoms with E-state index >= 15 is 0 Å². The lowest BCUT2D eigenvalue weighted by molar-refractivity contribution is 1.32. The van der Waals surface area contributed by atoms with Crippen molar-refractivity contribution in [2.24, 2.45) is 0 Å². The van der Waals surface area contributed by atoms with Gasteiger partial charge < -0.3 is 0 Å². The van der Waals surface area contributed by atoms with Crippen molar-refractivity contribution in [3.05, 3.63) is 71.7 Å². The minimum Gasteiger partial charge on any atom is -0.254 e. The number of rotatable bonds is 2. The summed E-state index contributed by atoms with van der Waals surface area (Å²) in [7, 11) is 0. The zero-order valence-corrected chi connectivity index (χ0v) is 17.3. The maximum absolute atomic E-state index is 6.37. The summed E-state index contributed by atoms with van der Waals surface area (Å²) in [6, 6.07) is 8.13. The number of pyridine rings is 1. The summed E-state index contributed by atoms with van der Waals surface area (Å²) < 4.78 is 0. The van der Waals surface area contributed by atoms with Crippen molar-refractivity contribution < 1.29 is 0 Å². The van der Waals surface area contributed by atoms with Crippen LogP contribution in [-0.2, 0) is 0 Å². The van der Waals surface area contributed by atoms with E-state index in [1.54, 1.807) is 30.3 Å². The third-order valence-electron chi connectivity index (χ3n) is 3.39. The number of halogens is 7. The minimum absolute atomic E-state index is 0.307. The molecule has 8 heteroatoms. The Hall–Kier alpha value is -0.380. The topological polar surface area (TPSA) is 12.9 Å². The molecule has 1 nitrogen and oxygen atoms in total. The third kappa shape index (κ3) is 3.99. The Bertz CT molecular complexity index is 985. The molecular formula is C17H6Cl7N. The Morgan fingerprint density at radius 2 is 1.00 bits per heavy atom. The molecule has 0 aliphatic heterocycles. The molecule has 0 aliphatic rings. The standard InChI is InChI=1S/C17H6Cl7N/c18-7-1-10(15(23)13(21)4-7)11-3-9(20)6-25-17(11)12-2-8(19)5-14(22)16(12)24/h1-6H. The summed E-state index contributed by atoms with van der Waals surface area (Å²) in [4.78, 5) is 4.39. The SMILES string of the molecule is Clc1cnc(-c2cc(Cl)cc(Cl)c2Cl)c(-c2cc(Cl)cc(Cl)c2Cl)c1. The maximum atomic E-state index is 6.37. The van der Waals surface area contributed by atoms with Crippen LogP contribution >= 0.6 is 81.2 Å². The number of aromatic nitrogens is 1. The quantitative estimate of drug-likeness (QED) is 0.339. The molecule has 0 aliphatic carbocycles. The lowest BCUT2D eigenvalue weighted by atomic mass is 9.99. The molecule has 0 N–H and O–H groups in total. The average Bonchev–Trinajstić information content (AvgIpc) is 2.54. The van der Waals surface area contributed by atoms with Crippen LogP contribution in [0.1, 0.15) is 0 Å². The molecule has 0 atom stereocenters. The van der Waals surface area contributed by atoms with Gasteiger partial charge >= 0.3 is 0 Å². The predicted octanol–water partition coefficient (Wildman–Crippen LogP) is 8.99. The summed E-state index contributed by atoms with van der Waals surface area (Å²) in [6.07, 6.45) is 1.49. The van der Waals surface area contributed by atoms with E-state index in [1.807, 2.05) is 0 Å². The second-order valence-electron chi connectivity index (χ2n) is 5.05. The van der Waals surface area contributed by atoms with Crippen LogP contribution in [0.4, 0.5) is 0 Å². The van der Waals surface area contributed by atoms with Crippen LogP contribution in [0.25, 0.3) is 22.4 Å². The van der Waals surface area contributed by atoms with Gasteiger partial charge in [0.1, 0.15) is 0 Å². The first-order chi connectivity index (χ1) is 11.8. The zero-order chi connectivity index (χ0) is 18.3. The normalized spacial score (nSPS) is 11.0. The van der Waals surface area contributed by atoms with E-state index in [9.17, 15) is 0 Å². The lowest BCUT2D eigenvalue weighted by Gasteiger charge is -2.14. The molecule has 0 saturated heterocycles. The number of hydrogen-bond donors (Lipinski definition) is 0. The predicted molar refractivity (Wildman–Crippen MR) is 110 cm³/mol. The van der Waals surface area contributed by atoms with E-state index in [1.165, 1.54) is 6.20 Å². The Labute approximate surface area is 179 Å². The van der Waals surface area contributed by atoms with Crippen molar-refractivity contribution >= 4 is 81.2 Å². The third-order valence-corrected chi connectivity index (χ3v) is 5.63. The Morgan fingerprint density at radius 3 is 1.60 bits per heavy atom. The van der Waals surface area contributed by atoms with Crippen LogP contribution in [-0.4, -0.2) is 4.98 Å². The summed E-state index contributed by atoms with van der Waals surface area (Å²) in [5.74, 6) is 0. The van der Waals surface area contributed by atoms with E-state index in [4.69, 9.17) is 81.2 Å². The molecule has 2 aromatic carbocycles. The maximum Gasteiger partial charge on any atom is 0.0798 e. The monoisotopic (exact) mass is 469 g/mol. The van der Waals surface area contributed by atoms with Crippen LogP contribution in [0.5, 0.6) is 0 Å². The highest BCUT2D eigenvalue weighted by molar-refractivity contribution is 6.46. The minimum atomic E-state index is 0.307. The Balaban J connectivity index is 2.36. The molecule has 0 radical (unpaired) electrons. The first-order valence-corrected chi connectivity index (χ1v) is 9.38. The highest BCUT2D eigenvalue weighted by Gasteiger charge is 2.19. The number of benzene rings is 2. The summed E-state index contributed by atoms with van der Waals surface area (Å²) in [5, 5.41) is 2.50. The average molecular weight is 472 g/mol. The van der Waals surface area contributed by atoms with E-state index in [0.29, 0.717) is 57.5 Å². The molecule has 0 unspecified atom stereocenters. The van der Waals surface area contributed by atoms with Crippen molar-refractivity contribution in [2.45, 2.75) is 0 Å². The highest BCUT2D eigenvalue weighted by atomic mass is 35.5. The summed E-state index contributed by atoms with van der Waals surface area (Å²) in [6.45, 7) is 0. The highest BCUT2D eigenvalue weighted by Crippen LogP contribution is 2.44. The molecule has 0 fully saturated rings. The van der Waals surface area contributed by atoms with Gasteiger partial charge in [-0.25, -0.2) is 0 Å². The van der Waals surface area contributed by atoms with Crippen molar-refractivity contribution in [3.8, 4) is 22.4 Å². The molecular weight excluding hydrogens is 466 g/mol. The van der Waals surface area contributed by atoms with E-state index in [0.717, 1.165) is 0 Å². The smallest absolute Gasteiger partial charge is 0.0798 e. The fourth-order valence-corrected chi connectivity index (χ4v) is 3.89. The summed E-state index contributed by atoms with van der Waals surface area (Å²) in [5.41, 5.74) is 2.20. The molecule has 0 amide bonds. The van der Waals surface area contributed by atoms with Gasteiger partial charge in [-0.3, -0.25) is 4.98 Å². The van der Waals surface area contributed by atoms with Crippen LogP contribution in [0.15, 0.2) is 36.5 Å². The molecule has 128 valence electrons. The van der Waals surface area contributed by atoms with Gasteiger partial charge in [0.05, 0.1) is 30.8 Å². The Morgan fingerprint density at radius 1 is 0.520 bits per heavy atom. The van der Waals surface area contributed by atoms with Crippen molar-refractivity contribution in [1.29, 1.82) is 0 Å². The molecule has 1 aromatic heterocycles. The van der Waals surface area contributed by atoms with Gasteiger partial charge in [-0.15, -0.1) is 0 Å². The van der Waals surface area contributed by atoms with Crippen LogP contribution in [0.2, 0.25) is 35.2 Å². The molecule has 1 heterocycles. The van der Waals surface area contributed by atoms with Crippen LogP contribution < -0.4 is 0 Å². The van der Waals surface area contributed by atoms with Crippen molar-refractivity contribution in [3.63, 3.8) is 0 Å². The van der Waals surface area contributed by atoms with Crippen molar-refractivity contribution in [2.75, 3.05) is 0 Å². The van der Waals surface area contributed by atoms with Crippen molar-refractivity contribution in [1.82, 2.24) is 4.98 Å².